The number of aliphatic hydroxyl groups is 1. The molecule has 6 aromatic rings. The number of pyridine rings is 1. The lowest BCUT2D eigenvalue weighted by Crippen LogP contribution is -2.44. The minimum Gasteiger partial charge on any atom is -0.373 e. The number of anilines is 1. The third kappa shape index (κ3) is 5.28. The summed E-state index contributed by atoms with van der Waals surface area (Å²) in [5.41, 5.74) is 9.79. The number of nitrogens with one attached hydrogen (secondary N) is 1. The minimum absolute atomic E-state index is 0.149. The first-order valence-corrected chi connectivity index (χ1v) is 14.9. The number of nitrogens with zero attached hydrogens (tertiary/aromatic N) is 9. The van der Waals surface area contributed by atoms with Gasteiger partial charge < -0.3 is 21.1 Å². The summed E-state index contributed by atoms with van der Waals surface area (Å²) in [6.45, 7) is 1.30. The second kappa shape index (κ2) is 11.4. The smallest absolute Gasteiger partial charge is 0.247 e. The molecule has 1 saturated heterocycles. The van der Waals surface area contributed by atoms with Crippen molar-refractivity contribution in [1.29, 1.82) is 0 Å². The Kier molecular flexibility index (Phi) is 7.23. The van der Waals surface area contributed by atoms with Gasteiger partial charge in [-0.2, -0.15) is 25.1 Å². The maximum Gasteiger partial charge on any atom is 0.247 e. The summed E-state index contributed by atoms with van der Waals surface area (Å²) in [5.74, 6) is -1.04. The zero-order valence-electron chi connectivity index (χ0n) is 23.8. The van der Waals surface area contributed by atoms with Gasteiger partial charge in [-0.1, -0.05) is 6.07 Å². The number of hydrogen-bond acceptors (Lipinski definition) is 11. The zero-order valence-corrected chi connectivity index (χ0v) is 24.6. The summed E-state index contributed by atoms with van der Waals surface area (Å²) in [5, 5.41) is 33.4. The monoisotopic (exact) mass is 627 g/mol. The molecule has 14 nitrogen and oxygen atoms in total. The van der Waals surface area contributed by atoms with Crippen LogP contribution in [0.1, 0.15) is 24.0 Å². The van der Waals surface area contributed by atoms with Crippen LogP contribution in [0.3, 0.4) is 0 Å². The minimum atomic E-state index is -1.40. The number of benzene rings is 1. The summed E-state index contributed by atoms with van der Waals surface area (Å²) in [4.78, 5) is 37.0. The molecule has 1 aromatic carbocycles. The second-order valence-corrected chi connectivity index (χ2v) is 11.5. The predicted octanol–water partition coefficient (Wildman–Crippen LogP) is 2.52. The van der Waals surface area contributed by atoms with Gasteiger partial charge >= 0.3 is 0 Å². The highest BCUT2D eigenvalue weighted by molar-refractivity contribution is 7.12. The van der Waals surface area contributed by atoms with E-state index >= 15 is 0 Å². The lowest BCUT2D eigenvalue weighted by atomic mass is 10.0. The van der Waals surface area contributed by atoms with Crippen LogP contribution >= 0.6 is 11.3 Å². The third-order valence-corrected chi connectivity index (χ3v) is 8.46. The summed E-state index contributed by atoms with van der Waals surface area (Å²) >= 11 is 1.42. The maximum absolute atomic E-state index is 14.7. The quantitative estimate of drug-likeness (QED) is 0.222. The molecule has 0 spiro atoms. The first kappa shape index (κ1) is 28.6. The SMILES string of the molecule is Cc1nn(-c2nccs2)c2ncc(NC(=O)C3CC(F)CN3C(=O)Cn3nc(C(N)O)c4cc(-c5ccnnc5)ccc43)cc12. The molecule has 5 aromatic heterocycles. The summed E-state index contributed by atoms with van der Waals surface area (Å²) in [6, 6.07) is 7.86. The molecule has 0 saturated carbocycles. The third-order valence-electron chi connectivity index (χ3n) is 7.71. The van der Waals surface area contributed by atoms with Crippen molar-refractivity contribution in [3.8, 4) is 16.3 Å². The summed E-state index contributed by atoms with van der Waals surface area (Å²) in [6.07, 6.45) is 3.40. The van der Waals surface area contributed by atoms with Gasteiger partial charge in [-0.25, -0.2) is 14.4 Å². The largest absolute Gasteiger partial charge is 0.373 e. The number of aryl methyl sites for hydroxylation is 1. The van der Waals surface area contributed by atoms with Gasteiger partial charge in [0, 0.05) is 34.3 Å². The molecule has 1 aliphatic heterocycles. The van der Waals surface area contributed by atoms with Crippen LogP contribution in [-0.4, -0.2) is 80.3 Å². The number of alkyl halides is 1. The Labute approximate surface area is 258 Å². The molecule has 3 atom stereocenters. The van der Waals surface area contributed by atoms with E-state index in [1.165, 1.54) is 27.1 Å². The van der Waals surface area contributed by atoms with Crippen molar-refractivity contribution in [3.63, 3.8) is 0 Å². The van der Waals surface area contributed by atoms with Gasteiger partial charge in [-0.15, -0.1) is 11.3 Å². The fraction of sp³-hybridized carbons (Fsp3) is 0.241. The van der Waals surface area contributed by atoms with E-state index in [9.17, 15) is 19.1 Å². The number of aromatic nitrogens is 8. The molecule has 6 heterocycles. The van der Waals surface area contributed by atoms with Crippen molar-refractivity contribution in [2.75, 3.05) is 11.9 Å². The number of hydrogen-bond donors (Lipinski definition) is 3. The van der Waals surface area contributed by atoms with E-state index in [-0.39, 0.29) is 25.2 Å². The van der Waals surface area contributed by atoms with Crippen molar-refractivity contribution in [3.05, 3.63) is 71.9 Å². The Morgan fingerprint density at radius 1 is 1.11 bits per heavy atom. The van der Waals surface area contributed by atoms with Crippen LogP contribution in [0.5, 0.6) is 0 Å². The van der Waals surface area contributed by atoms with Gasteiger partial charge in [0.1, 0.15) is 30.7 Å². The molecule has 7 rings (SSSR count). The van der Waals surface area contributed by atoms with Crippen molar-refractivity contribution >= 4 is 50.8 Å². The lowest BCUT2D eigenvalue weighted by Gasteiger charge is -2.23. The molecule has 16 heteroatoms. The molecule has 1 aliphatic rings. The number of carbonyl (C=O) groups excluding carboxylic acids is 2. The van der Waals surface area contributed by atoms with Crippen LogP contribution in [0.2, 0.25) is 0 Å². The van der Waals surface area contributed by atoms with Crippen molar-refractivity contribution < 1.29 is 19.1 Å². The molecule has 0 aliphatic carbocycles. The molecule has 4 N–H and O–H groups in total. The van der Waals surface area contributed by atoms with E-state index in [1.807, 2.05) is 18.4 Å². The number of amides is 2. The number of halogens is 1. The Bertz CT molecular complexity index is 2050. The molecule has 0 radical (unpaired) electrons. The fourth-order valence-corrected chi connectivity index (χ4v) is 6.20. The van der Waals surface area contributed by atoms with Gasteiger partial charge in [0.15, 0.2) is 5.65 Å². The predicted molar refractivity (Wildman–Crippen MR) is 163 cm³/mol. The van der Waals surface area contributed by atoms with Gasteiger partial charge in [0.05, 0.1) is 42.0 Å². The first-order valence-electron chi connectivity index (χ1n) is 14.0. The van der Waals surface area contributed by atoms with Gasteiger partial charge in [-0.05, 0) is 36.8 Å². The Morgan fingerprint density at radius 2 is 1.98 bits per heavy atom. The van der Waals surface area contributed by atoms with E-state index in [4.69, 9.17) is 5.73 Å². The van der Waals surface area contributed by atoms with Crippen molar-refractivity contribution in [2.45, 2.75) is 38.3 Å². The van der Waals surface area contributed by atoms with Crippen molar-refractivity contribution in [1.82, 2.24) is 44.6 Å². The normalized spacial score (nSPS) is 17.3. The van der Waals surface area contributed by atoms with Crippen LogP contribution in [0.4, 0.5) is 10.1 Å². The second-order valence-electron chi connectivity index (χ2n) is 10.6. The molecular weight excluding hydrogens is 601 g/mol. The Morgan fingerprint density at radius 3 is 2.73 bits per heavy atom. The van der Waals surface area contributed by atoms with Crippen molar-refractivity contribution in [2.24, 2.45) is 5.73 Å². The number of rotatable bonds is 7. The van der Waals surface area contributed by atoms with Crippen LogP contribution in [-0.2, 0) is 16.1 Å². The molecule has 2 amide bonds. The molecular formula is C29H26FN11O3S. The fourth-order valence-electron chi connectivity index (χ4n) is 5.60. The van der Waals surface area contributed by atoms with E-state index in [0.29, 0.717) is 33.1 Å². The highest BCUT2D eigenvalue weighted by Crippen LogP contribution is 2.30. The molecule has 45 heavy (non-hydrogen) atoms. The number of aliphatic hydroxyl groups excluding tert-OH is 1. The summed E-state index contributed by atoms with van der Waals surface area (Å²) in [7, 11) is 0. The number of thiazole rings is 1. The number of likely N-dealkylation sites (tertiary alicyclic amines) is 1. The highest BCUT2D eigenvalue weighted by atomic mass is 32.1. The van der Waals surface area contributed by atoms with E-state index in [0.717, 1.165) is 16.5 Å². The Hall–Kier alpha value is -5.19. The number of carbonyl (C=O) groups is 2. The van der Waals surface area contributed by atoms with Crippen LogP contribution in [0, 0.1) is 6.92 Å². The standard InChI is InChI=1S/C29H26FN11O3S/c1-15-20-10-19(12-33-27(20)41(37-15)29-32-6-7-45-29)36-28(44)23-9-18(30)13-39(23)24(42)14-40-22-3-2-16(17-4-5-34-35-11-17)8-21(22)25(38-40)26(31)43/h2-8,10-12,18,23,26,43H,9,13-14,31H2,1H3,(H,36,44). The van der Waals surface area contributed by atoms with Gasteiger partial charge in [-0.3, -0.25) is 14.3 Å². The number of nitrogens with two attached hydrogens (primary N) is 1. The number of fused-ring (bicyclic) bond motifs is 2. The lowest BCUT2D eigenvalue weighted by molar-refractivity contribution is -0.137. The zero-order chi connectivity index (χ0) is 31.2. The highest BCUT2D eigenvalue weighted by Gasteiger charge is 2.40. The Balaban J connectivity index is 1.12. The maximum atomic E-state index is 14.7. The topological polar surface area (TPSA) is 183 Å². The molecule has 1 fully saturated rings. The average Bonchev–Trinajstić information content (AvgIpc) is 3.84. The van der Waals surface area contributed by atoms with Gasteiger partial charge in [0.25, 0.3) is 0 Å². The van der Waals surface area contributed by atoms with Crippen LogP contribution in [0.25, 0.3) is 38.2 Å². The van der Waals surface area contributed by atoms with E-state index in [1.54, 1.807) is 47.5 Å². The summed E-state index contributed by atoms with van der Waals surface area (Å²) < 4.78 is 17.7. The average molecular weight is 628 g/mol. The van der Waals surface area contributed by atoms with E-state index < -0.39 is 30.3 Å². The molecule has 3 unspecified atom stereocenters. The van der Waals surface area contributed by atoms with Crippen LogP contribution in [0.15, 0.2) is 60.5 Å². The molecule has 228 valence electrons. The van der Waals surface area contributed by atoms with Gasteiger partial charge in [0.2, 0.25) is 16.9 Å². The molecule has 0 bridgehead atoms. The van der Waals surface area contributed by atoms with Crippen LogP contribution < -0.4 is 11.1 Å². The first-order chi connectivity index (χ1) is 21.8. The van der Waals surface area contributed by atoms with E-state index in [2.05, 4.69) is 35.7 Å².